The Hall–Kier alpha value is -2.89. The average Bonchev–Trinajstić information content (AvgIpc) is 2.67. The Bertz CT molecular complexity index is 780. The topological polar surface area (TPSA) is 58.6 Å². The molecule has 2 amide bonds. The number of hydrogen-bond donors (Lipinski definition) is 1. The highest BCUT2D eigenvalue weighted by molar-refractivity contribution is 5.88. The van der Waals surface area contributed by atoms with E-state index in [0.29, 0.717) is 12.0 Å². The molecule has 6 heteroatoms. The Kier molecular flexibility index (Phi) is 7.99. The van der Waals surface area contributed by atoms with Crippen LogP contribution in [0.25, 0.3) is 0 Å². The molecule has 0 aliphatic carbocycles. The minimum atomic E-state index is -0.772. The van der Waals surface area contributed by atoms with E-state index in [4.69, 9.17) is 4.74 Å². The standard InChI is InChI=1S/C22H27FN2O3/c1-16(2)15-20(26)24-21(17-9-5-4-6-10-17)22(27)25(3)13-14-28-19-12-8-7-11-18(19)23/h4-12,16,21H,13-15H2,1-3H3,(H,24,26). The second kappa shape index (κ2) is 10.4. The molecule has 1 unspecified atom stereocenters. The van der Waals surface area contributed by atoms with Crippen LogP contribution in [-0.2, 0) is 9.59 Å². The lowest BCUT2D eigenvalue weighted by Gasteiger charge is -2.25. The van der Waals surface area contributed by atoms with E-state index in [2.05, 4.69) is 5.32 Å². The van der Waals surface area contributed by atoms with Gasteiger partial charge in [0.1, 0.15) is 12.6 Å². The van der Waals surface area contributed by atoms with E-state index in [1.807, 2.05) is 44.2 Å². The number of para-hydroxylation sites is 1. The maximum atomic E-state index is 13.6. The van der Waals surface area contributed by atoms with Crippen LogP contribution in [-0.4, -0.2) is 36.9 Å². The zero-order chi connectivity index (χ0) is 20.5. The Morgan fingerprint density at radius 3 is 2.36 bits per heavy atom. The van der Waals surface area contributed by atoms with Crippen LogP contribution in [0.1, 0.15) is 31.9 Å². The van der Waals surface area contributed by atoms with Crippen LogP contribution in [0.5, 0.6) is 5.75 Å². The highest BCUT2D eigenvalue weighted by Gasteiger charge is 2.25. The van der Waals surface area contributed by atoms with Gasteiger partial charge in [-0.05, 0) is 23.6 Å². The van der Waals surface area contributed by atoms with Gasteiger partial charge >= 0.3 is 0 Å². The highest BCUT2D eigenvalue weighted by Crippen LogP contribution is 2.17. The molecule has 0 spiro atoms. The molecule has 0 aromatic heterocycles. The summed E-state index contributed by atoms with van der Waals surface area (Å²) in [6.45, 7) is 4.30. The zero-order valence-corrected chi connectivity index (χ0v) is 16.5. The number of amides is 2. The summed E-state index contributed by atoms with van der Waals surface area (Å²) >= 11 is 0. The number of ether oxygens (including phenoxy) is 1. The summed E-state index contributed by atoms with van der Waals surface area (Å²) in [4.78, 5) is 26.7. The third-order valence-corrected chi connectivity index (χ3v) is 4.18. The van der Waals surface area contributed by atoms with Gasteiger partial charge in [-0.3, -0.25) is 9.59 Å². The number of halogens is 1. The van der Waals surface area contributed by atoms with Crippen LogP contribution in [0.15, 0.2) is 54.6 Å². The Labute approximate surface area is 165 Å². The molecule has 2 aromatic rings. The molecule has 0 saturated heterocycles. The number of carbonyl (C=O) groups excluding carboxylic acids is 2. The number of rotatable bonds is 9. The van der Waals surface area contributed by atoms with Crippen molar-refractivity contribution < 1.29 is 18.7 Å². The fraction of sp³-hybridized carbons (Fsp3) is 0.364. The molecule has 0 aliphatic heterocycles. The van der Waals surface area contributed by atoms with Crippen molar-refractivity contribution in [2.24, 2.45) is 5.92 Å². The number of likely N-dealkylation sites (N-methyl/N-ethyl adjacent to an activating group) is 1. The van der Waals surface area contributed by atoms with E-state index in [9.17, 15) is 14.0 Å². The molecule has 1 N–H and O–H groups in total. The van der Waals surface area contributed by atoms with Crippen molar-refractivity contribution in [3.8, 4) is 5.75 Å². The van der Waals surface area contributed by atoms with Gasteiger partial charge < -0.3 is 15.0 Å². The third kappa shape index (κ3) is 6.37. The SMILES string of the molecule is CC(C)CC(=O)NC(C(=O)N(C)CCOc1ccccc1F)c1ccccc1. The largest absolute Gasteiger partial charge is 0.489 e. The molecule has 2 aromatic carbocycles. The van der Waals surface area contributed by atoms with E-state index >= 15 is 0 Å². The van der Waals surface area contributed by atoms with E-state index < -0.39 is 11.9 Å². The normalized spacial score (nSPS) is 11.8. The first-order chi connectivity index (χ1) is 13.4. The van der Waals surface area contributed by atoms with Gasteiger partial charge in [-0.15, -0.1) is 0 Å². The minimum Gasteiger partial charge on any atom is -0.489 e. The molecule has 0 radical (unpaired) electrons. The molecule has 0 saturated carbocycles. The predicted molar refractivity (Wildman–Crippen MR) is 106 cm³/mol. The summed E-state index contributed by atoms with van der Waals surface area (Å²) in [6, 6.07) is 14.5. The van der Waals surface area contributed by atoms with E-state index in [1.165, 1.54) is 17.0 Å². The fourth-order valence-electron chi connectivity index (χ4n) is 2.71. The van der Waals surface area contributed by atoms with E-state index in [1.54, 1.807) is 19.2 Å². The van der Waals surface area contributed by atoms with Crippen LogP contribution in [0.2, 0.25) is 0 Å². The quantitative estimate of drug-likeness (QED) is 0.717. The lowest BCUT2D eigenvalue weighted by Crippen LogP contribution is -2.42. The van der Waals surface area contributed by atoms with Crippen molar-refractivity contribution in [2.75, 3.05) is 20.2 Å². The Balaban J connectivity index is 2.01. The van der Waals surface area contributed by atoms with E-state index in [-0.39, 0.29) is 36.6 Å². The first kappa shape index (κ1) is 21.4. The van der Waals surface area contributed by atoms with Crippen molar-refractivity contribution >= 4 is 11.8 Å². The number of hydrogen-bond acceptors (Lipinski definition) is 3. The van der Waals surface area contributed by atoms with Gasteiger partial charge in [-0.2, -0.15) is 0 Å². The van der Waals surface area contributed by atoms with Gasteiger partial charge in [0.25, 0.3) is 0 Å². The summed E-state index contributed by atoms with van der Waals surface area (Å²) in [5, 5.41) is 2.83. The van der Waals surface area contributed by atoms with Gasteiger partial charge in [0.2, 0.25) is 11.8 Å². The fourth-order valence-corrected chi connectivity index (χ4v) is 2.71. The Morgan fingerprint density at radius 2 is 1.71 bits per heavy atom. The second-order valence-corrected chi connectivity index (χ2v) is 7.05. The first-order valence-electron chi connectivity index (χ1n) is 9.35. The summed E-state index contributed by atoms with van der Waals surface area (Å²) in [5.41, 5.74) is 0.714. The molecule has 0 fully saturated rings. The van der Waals surface area contributed by atoms with Crippen molar-refractivity contribution in [1.29, 1.82) is 0 Å². The molecular formula is C22H27FN2O3. The summed E-state index contributed by atoms with van der Waals surface area (Å²) < 4.78 is 19.0. The number of nitrogens with one attached hydrogen (secondary N) is 1. The van der Waals surface area contributed by atoms with Crippen molar-refractivity contribution in [2.45, 2.75) is 26.3 Å². The molecule has 0 bridgehead atoms. The monoisotopic (exact) mass is 386 g/mol. The van der Waals surface area contributed by atoms with Crippen LogP contribution >= 0.6 is 0 Å². The van der Waals surface area contributed by atoms with Crippen LogP contribution < -0.4 is 10.1 Å². The van der Waals surface area contributed by atoms with E-state index in [0.717, 1.165) is 0 Å². The summed E-state index contributed by atoms with van der Waals surface area (Å²) in [6.07, 6.45) is 0.344. The van der Waals surface area contributed by atoms with Crippen LogP contribution in [0.4, 0.5) is 4.39 Å². The van der Waals surface area contributed by atoms with Gasteiger partial charge in [0, 0.05) is 13.5 Å². The smallest absolute Gasteiger partial charge is 0.249 e. The third-order valence-electron chi connectivity index (χ3n) is 4.18. The molecule has 5 nitrogen and oxygen atoms in total. The molecular weight excluding hydrogens is 359 g/mol. The van der Waals surface area contributed by atoms with Crippen LogP contribution in [0.3, 0.4) is 0 Å². The second-order valence-electron chi connectivity index (χ2n) is 7.05. The maximum absolute atomic E-state index is 13.6. The van der Waals surface area contributed by atoms with Gasteiger partial charge in [-0.25, -0.2) is 4.39 Å². The van der Waals surface area contributed by atoms with Crippen molar-refractivity contribution in [3.05, 3.63) is 66.0 Å². The van der Waals surface area contributed by atoms with Crippen molar-refractivity contribution in [3.63, 3.8) is 0 Å². The molecule has 1 atom stereocenters. The average molecular weight is 386 g/mol. The number of nitrogens with zero attached hydrogens (tertiary/aromatic N) is 1. The Morgan fingerprint density at radius 1 is 1.07 bits per heavy atom. The summed E-state index contributed by atoms with van der Waals surface area (Å²) in [5.74, 6) is -0.528. The molecule has 28 heavy (non-hydrogen) atoms. The number of carbonyl (C=O) groups is 2. The van der Waals surface area contributed by atoms with Crippen molar-refractivity contribution in [1.82, 2.24) is 10.2 Å². The van der Waals surface area contributed by atoms with Gasteiger partial charge in [0.05, 0.1) is 6.54 Å². The lowest BCUT2D eigenvalue weighted by atomic mass is 10.0. The van der Waals surface area contributed by atoms with Gasteiger partial charge in [0.15, 0.2) is 11.6 Å². The molecule has 2 rings (SSSR count). The number of benzene rings is 2. The van der Waals surface area contributed by atoms with Crippen LogP contribution in [0, 0.1) is 11.7 Å². The molecule has 150 valence electrons. The highest BCUT2D eigenvalue weighted by atomic mass is 19.1. The molecule has 0 aliphatic rings. The van der Waals surface area contributed by atoms with Gasteiger partial charge in [-0.1, -0.05) is 56.3 Å². The maximum Gasteiger partial charge on any atom is 0.249 e. The molecule has 0 heterocycles. The minimum absolute atomic E-state index is 0.143. The first-order valence-corrected chi connectivity index (χ1v) is 9.35. The predicted octanol–water partition coefficient (Wildman–Crippen LogP) is 3.57. The summed E-state index contributed by atoms with van der Waals surface area (Å²) in [7, 11) is 1.64. The zero-order valence-electron chi connectivity index (χ0n) is 16.5. The lowest BCUT2D eigenvalue weighted by molar-refractivity contribution is -0.136.